The van der Waals surface area contributed by atoms with E-state index in [-0.39, 0.29) is 6.10 Å². The minimum atomic E-state index is -0.384. The smallest absolute Gasteiger partial charge is 0.0838 e. The van der Waals surface area contributed by atoms with Gasteiger partial charge in [-0.1, -0.05) is 37.3 Å². The zero-order valence-electron chi connectivity index (χ0n) is 9.39. The highest BCUT2D eigenvalue weighted by molar-refractivity contribution is 7.09. The third kappa shape index (κ3) is 2.71. The SMILES string of the molecule is CCc1cccc(C(O)Cc2cccs2)c1. The van der Waals surface area contributed by atoms with E-state index in [0.29, 0.717) is 6.42 Å². The Hall–Kier alpha value is -1.12. The van der Waals surface area contributed by atoms with Crippen LogP contribution < -0.4 is 0 Å². The van der Waals surface area contributed by atoms with E-state index in [1.807, 2.05) is 23.6 Å². The van der Waals surface area contributed by atoms with Crippen molar-refractivity contribution in [2.24, 2.45) is 0 Å². The predicted molar refractivity (Wildman–Crippen MR) is 68.8 cm³/mol. The summed E-state index contributed by atoms with van der Waals surface area (Å²) in [6.45, 7) is 2.13. The summed E-state index contributed by atoms with van der Waals surface area (Å²) in [6.07, 6.45) is 1.34. The molecule has 0 aliphatic carbocycles. The second-order valence-electron chi connectivity index (χ2n) is 3.90. The second kappa shape index (κ2) is 5.28. The van der Waals surface area contributed by atoms with E-state index in [9.17, 15) is 5.11 Å². The van der Waals surface area contributed by atoms with Crippen LogP contribution in [0.2, 0.25) is 0 Å². The van der Waals surface area contributed by atoms with Crippen molar-refractivity contribution >= 4 is 11.3 Å². The van der Waals surface area contributed by atoms with Crippen LogP contribution in [0.5, 0.6) is 0 Å². The number of rotatable bonds is 4. The van der Waals surface area contributed by atoms with Crippen LogP contribution in [-0.4, -0.2) is 5.11 Å². The maximum absolute atomic E-state index is 10.1. The second-order valence-corrected chi connectivity index (χ2v) is 4.93. The molecule has 0 saturated carbocycles. The molecule has 2 rings (SSSR count). The Labute approximate surface area is 100 Å². The first-order valence-electron chi connectivity index (χ1n) is 5.59. The van der Waals surface area contributed by atoms with Gasteiger partial charge in [0.2, 0.25) is 0 Å². The molecule has 0 aliphatic heterocycles. The van der Waals surface area contributed by atoms with E-state index >= 15 is 0 Å². The lowest BCUT2D eigenvalue weighted by atomic mass is 10.0. The van der Waals surface area contributed by atoms with Gasteiger partial charge in [-0.25, -0.2) is 0 Å². The molecule has 0 spiro atoms. The third-order valence-electron chi connectivity index (χ3n) is 2.72. The van der Waals surface area contributed by atoms with Crippen LogP contribution in [0.1, 0.15) is 29.0 Å². The van der Waals surface area contributed by atoms with Gasteiger partial charge in [-0.2, -0.15) is 0 Å². The molecule has 2 aromatic rings. The summed E-state index contributed by atoms with van der Waals surface area (Å²) in [7, 11) is 0. The van der Waals surface area contributed by atoms with Crippen molar-refractivity contribution < 1.29 is 5.11 Å². The first-order valence-corrected chi connectivity index (χ1v) is 6.47. The number of hydrogen-bond acceptors (Lipinski definition) is 2. The lowest BCUT2D eigenvalue weighted by Gasteiger charge is -2.10. The lowest BCUT2D eigenvalue weighted by molar-refractivity contribution is 0.179. The molecule has 1 aromatic heterocycles. The molecular weight excluding hydrogens is 216 g/mol. The molecule has 1 atom stereocenters. The van der Waals surface area contributed by atoms with Crippen molar-refractivity contribution in [2.75, 3.05) is 0 Å². The Bertz CT molecular complexity index is 434. The van der Waals surface area contributed by atoms with Gasteiger partial charge in [-0.15, -0.1) is 11.3 Å². The van der Waals surface area contributed by atoms with Crippen molar-refractivity contribution in [3.8, 4) is 0 Å². The minimum absolute atomic E-state index is 0.384. The first-order chi connectivity index (χ1) is 7.79. The molecule has 16 heavy (non-hydrogen) atoms. The number of aryl methyl sites for hydroxylation is 1. The van der Waals surface area contributed by atoms with Crippen molar-refractivity contribution in [2.45, 2.75) is 25.9 Å². The summed E-state index contributed by atoms with van der Waals surface area (Å²) in [6, 6.07) is 12.3. The molecule has 1 N–H and O–H groups in total. The molecule has 1 aromatic carbocycles. The van der Waals surface area contributed by atoms with Crippen LogP contribution in [0.3, 0.4) is 0 Å². The van der Waals surface area contributed by atoms with E-state index in [1.165, 1.54) is 10.4 Å². The molecule has 0 fully saturated rings. The van der Waals surface area contributed by atoms with Crippen LogP contribution in [0.15, 0.2) is 41.8 Å². The summed E-state index contributed by atoms with van der Waals surface area (Å²) < 4.78 is 0. The van der Waals surface area contributed by atoms with Gasteiger partial charge in [0.1, 0.15) is 0 Å². The topological polar surface area (TPSA) is 20.2 Å². The number of aliphatic hydroxyl groups is 1. The van der Waals surface area contributed by atoms with Crippen molar-refractivity contribution in [1.29, 1.82) is 0 Å². The van der Waals surface area contributed by atoms with Crippen molar-refractivity contribution in [3.05, 3.63) is 57.8 Å². The normalized spacial score (nSPS) is 12.6. The standard InChI is InChI=1S/C14H16OS/c1-2-11-5-3-6-12(9-11)14(15)10-13-7-4-8-16-13/h3-9,14-15H,2,10H2,1H3. The maximum Gasteiger partial charge on any atom is 0.0838 e. The number of benzene rings is 1. The van der Waals surface area contributed by atoms with E-state index in [4.69, 9.17) is 0 Å². The molecule has 2 heteroatoms. The Morgan fingerprint density at radius 2 is 2.12 bits per heavy atom. The Morgan fingerprint density at radius 3 is 2.81 bits per heavy atom. The fourth-order valence-electron chi connectivity index (χ4n) is 1.76. The highest BCUT2D eigenvalue weighted by atomic mass is 32.1. The average Bonchev–Trinajstić information content (AvgIpc) is 2.82. The Kier molecular flexibility index (Phi) is 3.75. The van der Waals surface area contributed by atoms with Gasteiger partial charge in [0, 0.05) is 11.3 Å². The predicted octanol–water partition coefficient (Wildman–Crippen LogP) is 3.59. The molecule has 0 saturated heterocycles. The summed E-state index contributed by atoms with van der Waals surface area (Å²) in [5.74, 6) is 0. The van der Waals surface area contributed by atoms with E-state index in [1.54, 1.807) is 11.3 Å². The molecule has 0 bridgehead atoms. The van der Waals surface area contributed by atoms with Gasteiger partial charge in [0.15, 0.2) is 0 Å². The summed E-state index contributed by atoms with van der Waals surface area (Å²) in [5, 5.41) is 12.2. The fourth-order valence-corrected chi connectivity index (χ4v) is 2.50. The van der Waals surface area contributed by atoms with E-state index < -0.39 is 0 Å². The zero-order chi connectivity index (χ0) is 11.4. The molecule has 1 nitrogen and oxygen atoms in total. The maximum atomic E-state index is 10.1. The van der Waals surface area contributed by atoms with Gasteiger partial charge in [0.05, 0.1) is 6.10 Å². The van der Waals surface area contributed by atoms with E-state index in [2.05, 4.69) is 25.1 Å². The van der Waals surface area contributed by atoms with Gasteiger partial charge in [-0.05, 0) is 29.0 Å². The highest BCUT2D eigenvalue weighted by Gasteiger charge is 2.09. The van der Waals surface area contributed by atoms with Crippen LogP contribution in [0, 0.1) is 0 Å². The first kappa shape index (κ1) is 11.4. The van der Waals surface area contributed by atoms with E-state index in [0.717, 1.165) is 12.0 Å². The summed E-state index contributed by atoms with van der Waals surface area (Å²) in [4.78, 5) is 1.23. The number of hydrogen-bond donors (Lipinski definition) is 1. The van der Waals surface area contributed by atoms with Gasteiger partial charge in [0.25, 0.3) is 0 Å². The summed E-state index contributed by atoms with van der Waals surface area (Å²) >= 11 is 1.70. The molecule has 0 radical (unpaired) electrons. The zero-order valence-corrected chi connectivity index (χ0v) is 10.2. The average molecular weight is 232 g/mol. The number of aliphatic hydroxyl groups excluding tert-OH is 1. The quantitative estimate of drug-likeness (QED) is 0.854. The van der Waals surface area contributed by atoms with Crippen LogP contribution >= 0.6 is 11.3 Å². The van der Waals surface area contributed by atoms with Gasteiger partial charge < -0.3 is 5.11 Å². The summed E-state index contributed by atoms with van der Waals surface area (Å²) in [5.41, 5.74) is 2.30. The van der Waals surface area contributed by atoms with Gasteiger partial charge in [-0.3, -0.25) is 0 Å². The fraction of sp³-hybridized carbons (Fsp3) is 0.286. The van der Waals surface area contributed by atoms with Crippen molar-refractivity contribution in [1.82, 2.24) is 0 Å². The highest BCUT2D eigenvalue weighted by Crippen LogP contribution is 2.21. The van der Waals surface area contributed by atoms with Crippen LogP contribution in [0.25, 0.3) is 0 Å². The van der Waals surface area contributed by atoms with Crippen LogP contribution in [-0.2, 0) is 12.8 Å². The Balaban J connectivity index is 2.11. The molecular formula is C14H16OS. The monoisotopic (exact) mass is 232 g/mol. The largest absolute Gasteiger partial charge is 0.388 e. The lowest BCUT2D eigenvalue weighted by Crippen LogP contribution is -2.01. The molecule has 84 valence electrons. The Morgan fingerprint density at radius 1 is 1.25 bits per heavy atom. The van der Waals surface area contributed by atoms with Crippen molar-refractivity contribution in [3.63, 3.8) is 0 Å². The minimum Gasteiger partial charge on any atom is -0.388 e. The molecule has 1 heterocycles. The third-order valence-corrected chi connectivity index (χ3v) is 3.62. The van der Waals surface area contributed by atoms with Gasteiger partial charge >= 0.3 is 0 Å². The molecule has 0 amide bonds. The molecule has 1 unspecified atom stereocenters. The number of thiophene rings is 1. The van der Waals surface area contributed by atoms with Crippen LogP contribution in [0.4, 0.5) is 0 Å². The molecule has 0 aliphatic rings.